The van der Waals surface area contributed by atoms with Crippen LogP contribution in [0.25, 0.3) is 0 Å². The lowest BCUT2D eigenvalue weighted by Crippen LogP contribution is -2.40. The fourth-order valence-corrected chi connectivity index (χ4v) is 3.47. The molecule has 1 unspecified atom stereocenters. The largest absolute Gasteiger partial charge is 0.325 e. The summed E-state index contributed by atoms with van der Waals surface area (Å²) in [6.45, 7) is 3.44. The Morgan fingerprint density at radius 2 is 2.07 bits per heavy atom. The molecular weight excluding hydrogens is 349 g/mol. The minimum absolute atomic E-state index is 0.0161. The van der Waals surface area contributed by atoms with Crippen LogP contribution in [-0.2, 0) is 11.3 Å². The lowest BCUT2D eigenvalue weighted by Gasteiger charge is -2.32. The van der Waals surface area contributed by atoms with Gasteiger partial charge in [-0.15, -0.1) is 0 Å². The van der Waals surface area contributed by atoms with Gasteiger partial charge in [-0.1, -0.05) is 24.3 Å². The smallest absolute Gasteiger partial charge is 0.274 e. The third kappa shape index (κ3) is 4.49. The number of nitrogens with zero attached hydrogens (tertiary/aromatic N) is 2. The number of halogens is 1. The summed E-state index contributed by atoms with van der Waals surface area (Å²) >= 11 is 0. The van der Waals surface area contributed by atoms with Crippen LogP contribution >= 0.6 is 0 Å². The summed E-state index contributed by atoms with van der Waals surface area (Å²) in [5.41, 5.74) is 1.50. The summed E-state index contributed by atoms with van der Waals surface area (Å²) in [4.78, 5) is 25.4. The van der Waals surface area contributed by atoms with E-state index in [1.54, 1.807) is 37.3 Å². The van der Waals surface area contributed by atoms with E-state index < -0.39 is 4.92 Å². The summed E-state index contributed by atoms with van der Waals surface area (Å²) in [5.74, 6) is -0.627. The van der Waals surface area contributed by atoms with E-state index in [4.69, 9.17) is 0 Å². The Labute approximate surface area is 157 Å². The maximum Gasteiger partial charge on any atom is 0.274 e. The van der Waals surface area contributed by atoms with Gasteiger partial charge in [-0.25, -0.2) is 4.39 Å². The highest BCUT2D eigenvalue weighted by Crippen LogP contribution is 2.27. The number of piperidine rings is 1. The highest BCUT2D eigenvalue weighted by Gasteiger charge is 2.27. The van der Waals surface area contributed by atoms with Gasteiger partial charge in [-0.3, -0.25) is 19.8 Å². The molecular formula is C20H22FN3O3. The van der Waals surface area contributed by atoms with E-state index in [2.05, 4.69) is 10.2 Å². The zero-order valence-corrected chi connectivity index (χ0v) is 15.2. The second kappa shape index (κ2) is 8.26. The Kier molecular flexibility index (Phi) is 5.81. The highest BCUT2D eigenvalue weighted by atomic mass is 19.1. The number of likely N-dealkylation sites (tertiary alicyclic amines) is 1. The lowest BCUT2D eigenvalue weighted by molar-refractivity contribution is -0.385. The van der Waals surface area contributed by atoms with Crippen molar-refractivity contribution in [2.75, 3.05) is 18.4 Å². The quantitative estimate of drug-likeness (QED) is 0.639. The number of nitro benzene ring substituents is 1. The fourth-order valence-electron chi connectivity index (χ4n) is 3.47. The van der Waals surface area contributed by atoms with Gasteiger partial charge in [-0.05, 0) is 38.4 Å². The number of nitrogens with one attached hydrogen (secondary N) is 1. The number of amides is 1. The minimum atomic E-state index is -0.457. The zero-order valence-electron chi connectivity index (χ0n) is 15.2. The van der Waals surface area contributed by atoms with Crippen molar-refractivity contribution in [2.45, 2.75) is 26.3 Å². The Morgan fingerprint density at radius 3 is 2.81 bits per heavy atom. The van der Waals surface area contributed by atoms with Gasteiger partial charge in [0.15, 0.2) is 0 Å². The van der Waals surface area contributed by atoms with Crippen LogP contribution in [0.3, 0.4) is 0 Å². The van der Waals surface area contributed by atoms with Crippen LogP contribution < -0.4 is 5.32 Å². The molecule has 1 aliphatic heterocycles. The molecule has 0 spiro atoms. The van der Waals surface area contributed by atoms with Gasteiger partial charge in [0.2, 0.25) is 5.91 Å². The van der Waals surface area contributed by atoms with Crippen molar-refractivity contribution >= 4 is 17.3 Å². The molecule has 0 aliphatic carbocycles. The number of anilines is 1. The molecule has 1 heterocycles. The Balaban J connectivity index is 1.66. The predicted molar refractivity (Wildman–Crippen MR) is 101 cm³/mol. The van der Waals surface area contributed by atoms with Crippen molar-refractivity contribution in [3.8, 4) is 0 Å². The zero-order chi connectivity index (χ0) is 19.4. The third-order valence-corrected chi connectivity index (χ3v) is 4.99. The van der Waals surface area contributed by atoms with Crippen LogP contribution in [0.4, 0.5) is 15.8 Å². The van der Waals surface area contributed by atoms with Gasteiger partial charge in [0.05, 0.1) is 22.1 Å². The molecule has 2 aromatic rings. The van der Waals surface area contributed by atoms with E-state index in [1.165, 1.54) is 12.1 Å². The highest BCUT2D eigenvalue weighted by molar-refractivity contribution is 5.94. The minimum Gasteiger partial charge on any atom is -0.325 e. The van der Waals surface area contributed by atoms with Gasteiger partial charge < -0.3 is 5.32 Å². The van der Waals surface area contributed by atoms with Crippen molar-refractivity contribution < 1.29 is 14.1 Å². The van der Waals surface area contributed by atoms with E-state index in [0.717, 1.165) is 19.4 Å². The lowest BCUT2D eigenvalue weighted by atomic mass is 9.96. The van der Waals surface area contributed by atoms with Crippen molar-refractivity contribution in [1.82, 2.24) is 4.90 Å². The van der Waals surface area contributed by atoms with Gasteiger partial charge >= 0.3 is 0 Å². The first-order chi connectivity index (χ1) is 13.0. The number of nitro groups is 1. The Bertz CT molecular complexity index is 856. The summed E-state index contributed by atoms with van der Waals surface area (Å²) in [6, 6.07) is 11.3. The van der Waals surface area contributed by atoms with Crippen LogP contribution in [0.1, 0.15) is 24.0 Å². The fraction of sp³-hybridized carbons (Fsp3) is 0.350. The van der Waals surface area contributed by atoms with E-state index in [-0.39, 0.29) is 23.3 Å². The normalized spacial score (nSPS) is 17.5. The van der Waals surface area contributed by atoms with E-state index in [0.29, 0.717) is 29.9 Å². The molecule has 3 rings (SSSR count). The van der Waals surface area contributed by atoms with Gasteiger partial charge in [0, 0.05) is 24.7 Å². The first-order valence-corrected chi connectivity index (χ1v) is 8.96. The third-order valence-electron chi connectivity index (χ3n) is 4.99. The molecule has 1 amide bonds. The molecule has 1 atom stereocenters. The standard InChI is InChI=1S/C20H22FN3O3/c1-14-18(9-4-10-19(14)24(26)27)22-20(25)16-7-5-11-23(13-16)12-15-6-2-3-8-17(15)21/h2-4,6,8-10,16H,5,7,11-13H2,1H3,(H,22,25). The van der Waals surface area contributed by atoms with Crippen molar-refractivity contribution in [2.24, 2.45) is 5.92 Å². The first-order valence-electron chi connectivity index (χ1n) is 8.96. The SMILES string of the molecule is Cc1c(NC(=O)C2CCCN(Cc3ccccc3F)C2)cccc1[N+](=O)[O-]. The van der Waals surface area contributed by atoms with Crippen LogP contribution in [-0.4, -0.2) is 28.8 Å². The summed E-state index contributed by atoms with van der Waals surface area (Å²) in [6.07, 6.45) is 1.59. The van der Waals surface area contributed by atoms with Crippen LogP contribution in [0.5, 0.6) is 0 Å². The number of carbonyl (C=O) groups excluding carboxylic acids is 1. The molecule has 27 heavy (non-hydrogen) atoms. The van der Waals surface area contributed by atoms with Crippen molar-refractivity contribution in [1.29, 1.82) is 0 Å². The molecule has 0 radical (unpaired) electrons. The topological polar surface area (TPSA) is 75.5 Å². The monoisotopic (exact) mass is 371 g/mol. The molecule has 7 heteroatoms. The van der Waals surface area contributed by atoms with Crippen molar-refractivity contribution in [3.05, 3.63) is 69.5 Å². The summed E-state index contributed by atoms with van der Waals surface area (Å²) < 4.78 is 13.9. The second-order valence-electron chi connectivity index (χ2n) is 6.86. The van der Waals surface area contributed by atoms with Crippen LogP contribution in [0, 0.1) is 28.8 Å². The predicted octanol–water partition coefficient (Wildman–Crippen LogP) is 3.89. The molecule has 142 valence electrons. The molecule has 2 aromatic carbocycles. The Morgan fingerprint density at radius 1 is 1.30 bits per heavy atom. The molecule has 0 bridgehead atoms. The van der Waals surface area contributed by atoms with Crippen LogP contribution in [0.15, 0.2) is 42.5 Å². The van der Waals surface area contributed by atoms with Gasteiger partial charge in [0.25, 0.3) is 5.69 Å². The maximum atomic E-state index is 13.9. The first kappa shape index (κ1) is 19.0. The van der Waals surface area contributed by atoms with Gasteiger partial charge in [0.1, 0.15) is 5.82 Å². The summed E-state index contributed by atoms with van der Waals surface area (Å²) in [7, 11) is 0. The maximum absolute atomic E-state index is 13.9. The average Bonchev–Trinajstić information content (AvgIpc) is 2.65. The van der Waals surface area contributed by atoms with E-state index >= 15 is 0 Å². The van der Waals surface area contributed by atoms with Crippen molar-refractivity contribution in [3.63, 3.8) is 0 Å². The number of hydrogen-bond acceptors (Lipinski definition) is 4. The molecule has 1 aliphatic rings. The second-order valence-corrected chi connectivity index (χ2v) is 6.86. The average molecular weight is 371 g/mol. The molecule has 1 N–H and O–H groups in total. The van der Waals surface area contributed by atoms with E-state index in [9.17, 15) is 19.3 Å². The number of hydrogen-bond donors (Lipinski definition) is 1. The Hall–Kier alpha value is -2.80. The summed E-state index contributed by atoms with van der Waals surface area (Å²) in [5, 5.41) is 13.9. The molecule has 6 nitrogen and oxygen atoms in total. The molecule has 1 saturated heterocycles. The van der Waals surface area contributed by atoms with E-state index in [1.807, 2.05) is 0 Å². The number of rotatable bonds is 5. The van der Waals surface area contributed by atoms with Gasteiger partial charge in [-0.2, -0.15) is 0 Å². The molecule has 0 saturated carbocycles. The number of carbonyl (C=O) groups is 1. The molecule has 0 aromatic heterocycles. The van der Waals surface area contributed by atoms with Crippen LogP contribution in [0.2, 0.25) is 0 Å². The molecule has 1 fully saturated rings. The number of benzene rings is 2.